The quantitative estimate of drug-likeness (QED) is 0.744. The summed E-state index contributed by atoms with van der Waals surface area (Å²) in [6.07, 6.45) is -0.767. The first-order valence-electron chi connectivity index (χ1n) is 8.90. The number of rotatable bonds is 5. The summed E-state index contributed by atoms with van der Waals surface area (Å²) in [4.78, 5) is 14.1. The number of hydrogen-bond donors (Lipinski definition) is 1. The summed E-state index contributed by atoms with van der Waals surface area (Å²) in [7, 11) is 0. The van der Waals surface area contributed by atoms with Crippen LogP contribution >= 0.6 is 0 Å². The van der Waals surface area contributed by atoms with E-state index in [9.17, 15) is 9.90 Å². The molecule has 0 saturated carbocycles. The van der Waals surface area contributed by atoms with Crippen LogP contribution < -0.4 is 15.4 Å². The third kappa shape index (κ3) is 3.59. The molecular formula is C20H21N3O4. The number of hydrogen-bond acceptors (Lipinski definition) is 6. The van der Waals surface area contributed by atoms with Crippen LogP contribution in [0.5, 0.6) is 5.75 Å². The summed E-state index contributed by atoms with van der Waals surface area (Å²) >= 11 is 0. The lowest BCUT2D eigenvalue weighted by Crippen LogP contribution is -2.40. The molecule has 140 valence electrons. The van der Waals surface area contributed by atoms with Crippen molar-refractivity contribution in [2.75, 3.05) is 24.6 Å². The SMILES string of the molecule is Cc1ccc2c(c1)OCCN2C[C@H](O)Cn1c(-c2ccccc2)noc1=O. The molecule has 0 unspecified atom stereocenters. The fraction of sp³-hybridized carbons (Fsp3) is 0.300. The number of aliphatic hydroxyl groups is 1. The van der Waals surface area contributed by atoms with Crippen LogP contribution in [0.2, 0.25) is 0 Å². The van der Waals surface area contributed by atoms with Crippen LogP contribution in [0.15, 0.2) is 57.8 Å². The standard InChI is InChI=1S/C20H21N3O4/c1-14-7-8-17-18(11-14)26-10-9-22(17)12-16(24)13-23-19(21-27-20(23)25)15-5-3-2-4-6-15/h2-8,11,16,24H,9-10,12-13H2,1H3/t16-/m0/s1. The predicted octanol–water partition coefficient (Wildman–Crippen LogP) is 2.07. The van der Waals surface area contributed by atoms with Gasteiger partial charge in [-0.2, -0.15) is 0 Å². The lowest BCUT2D eigenvalue weighted by molar-refractivity contribution is 0.153. The fourth-order valence-electron chi connectivity index (χ4n) is 3.32. The van der Waals surface area contributed by atoms with Crippen molar-refractivity contribution >= 4 is 5.69 Å². The Morgan fingerprint density at radius 2 is 2.00 bits per heavy atom. The van der Waals surface area contributed by atoms with Gasteiger partial charge in [0.05, 0.1) is 24.9 Å². The molecule has 0 bridgehead atoms. The Labute approximate surface area is 156 Å². The molecule has 0 amide bonds. The predicted molar refractivity (Wildman–Crippen MR) is 101 cm³/mol. The highest BCUT2D eigenvalue weighted by Crippen LogP contribution is 2.32. The summed E-state index contributed by atoms with van der Waals surface area (Å²) < 4.78 is 11.9. The molecule has 2 heterocycles. The van der Waals surface area contributed by atoms with E-state index < -0.39 is 11.9 Å². The average molecular weight is 367 g/mol. The molecule has 7 heteroatoms. The van der Waals surface area contributed by atoms with E-state index in [1.807, 2.05) is 55.5 Å². The van der Waals surface area contributed by atoms with E-state index in [0.717, 1.165) is 22.6 Å². The zero-order chi connectivity index (χ0) is 18.8. The minimum Gasteiger partial charge on any atom is -0.490 e. The van der Waals surface area contributed by atoms with Gasteiger partial charge in [0.1, 0.15) is 12.4 Å². The van der Waals surface area contributed by atoms with Gasteiger partial charge in [-0.25, -0.2) is 4.79 Å². The highest BCUT2D eigenvalue weighted by atomic mass is 16.5. The molecule has 3 aromatic rings. The number of β-amino-alcohol motifs (C(OH)–C–C–N with tert-alkyl or cyclic N) is 1. The number of aryl methyl sites for hydroxylation is 1. The molecule has 2 aromatic carbocycles. The molecule has 0 saturated heterocycles. The van der Waals surface area contributed by atoms with Gasteiger partial charge >= 0.3 is 5.76 Å². The average Bonchev–Trinajstić information content (AvgIpc) is 3.03. The van der Waals surface area contributed by atoms with Gasteiger partial charge in [0, 0.05) is 12.1 Å². The summed E-state index contributed by atoms with van der Waals surface area (Å²) in [5.74, 6) is 0.657. The first-order valence-corrected chi connectivity index (χ1v) is 8.90. The Balaban J connectivity index is 1.53. The molecule has 1 atom stereocenters. The van der Waals surface area contributed by atoms with Crippen LogP contribution in [0.3, 0.4) is 0 Å². The van der Waals surface area contributed by atoms with Gasteiger partial charge in [-0.15, -0.1) is 0 Å². The highest BCUT2D eigenvalue weighted by Gasteiger charge is 2.22. The van der Waals surface area contributed by atoms with Crippen molar-refractivity contribution in [3.63, 3.8) is 0 Å². The number of nitrogens with zero attached hydrogens (tertiary/aromatic N) is 3. The number of ether oxygens (including phenoxy) is 1. The van der Waals surface area contributed by atoms with Crippen LogP contribution in [0.1, 0.15) is 5.56 Å². The van der Waals surface area contributed by atoms with E-state index in [1.54, 1.807) is 0 Å². The van der Waals surface area contributed by atoms with Gasteiger partial charge in [-0.3, -0.25) is 9.09 Å². The maximum Gasteiger partial charge on any atom is 0.441 e. The molecular weight excluding hydrogens is 346 g/mol. The molecule has 0 spiro atoms. The van der Waals surface area contributed by atoms with Crippen molar-refractivity contribution in [1.29, 1.82) is 0 Å². The number of anilines is 1. The third-order valence-corrected chi connectivity index (χ3v) is 4.62. The van der Waals surface area contributed by atoms with E-state index in [0.29, 0.717) is 25.5 Å². The van der Waals surface area contributed by atoms with Crippen molar-refractivity contribution in [2.24, 2.45) is 0 Å². The second-order valence-electron chi connectivity index (χ2n) is 6.67. The normalized spacial score (nSPS) is 14.5. The lowest BCUT2D eigenvalue weighted by Gasteiger charge is -2.33. The van der Waals surface area contributed by atoms with Gasteiger partial charge in [0.25, 0.3) is 0 Å². The van der Waals surface area contributed by atoms with Gasteiger partial charge < -0.3 is 14.7 Å². The minimum absolute atomic E-state index is 0.102. The van der Waals surface area contributed by atoms with E-state index in [4.69, 9.17) is 9.26 Å². The van der Waals surface area contributed by atoms with E-state index in [2.05, 4.69) is 10.1 Å². The largest absolute Gasteiger partial charge is 0.490 e. The molecule has 1 aliphatic heterocycles. The summed E-state index contributed by atoms with van der Waals surface area (Å²) in [5, 5.41) is 14.5. The number of aromatic nitrogens is 2. The molecule has 27 heavy (non-hydrogen) atoms. The van der Waals surface area contributed by atoms with Crippen LogP contribution in [0, 0.1) is 6.92 Å². The number of aliphatic hydroxyl groups excluding tert-OH is 1. The Morgan fingerprint density at radius 1 is 1.19 bits per heavy atom. The summed E-state index contributed by atoms with van der Waals surface area (Å²) in [6, 6.07) is 15.3. The Bertz CT molecular complexity index is 980. The monoisotopic (exact) mass is 367 g/mol. The Hall–Kier alpha value is -3.06. The van der Waals surface area contributed by atoms with Gasteiger partial charge in [-0.1, -0.05) is 41.6 Å². The lowest BCUT2D eigenvalue weighted by atomic mass is 10.1. The van der Waals surface area contributed by atoms with Gasteiger partial charge in [0.15, 0.2) is 5.82 Å². The highest BCUT2D eigenvalue weighted by molar-refractivity contribution is 5.61. The number of benzene rings is 2. The first-order chi connectivity index (χ1) is 13.1. The Morgan fingerprint density at radius 3 is 2.81 bits per heavy atom. The molecule has 4 rings (SSSR count). The smallest absolute Gasteiger partial charge is 0.441 e. The van der Waals surface area contributed by atoms with Crippen molar-refractivity contribution in [2.45, 2.75) is 19.6 Å². The zero-order valence-electron chi connectivity index (χ0n) is 15.0. The molecule has 1 aromatic heterocycles. The molecule has 1 N–H and O–H groups in total. The summed E-state index contributed by atoms with van der Waals surface area (Å²) in [5.41, 5.74) is 2.84. The van der Waals surface area contributed by atoms with E-state index in [-0.39, 0.29) is 6.54 Å². The molecule has 7 nitrogen and oxygen atoms in total. The number of fused-ring (bicyclic) bond motifs is 1. The van der Waals surface area contributed by atoms with Crippen molar-refractivity contribution in [1.82, 2.24) is 9.72 Å². The van der Waals surface area contributed by atoms with Crippen molar-refractivity contribution in [3.05, 3.63) is 64.6 Å². The van der Waals surface area contributed by atoms with E-state index in [1.165, 1.54) is 4.57 Å². The van der Waals surface area contributed by atoms with Crippen molar-refractivity contribution < 1.29 is 14.4 Å². The van der Waals surface area contributed by atoms with Gasteiger partial charge in [-0.05, 0) is 24.6 Å². The van der Waals surface area contributed by atoms with Crippen LogP contribution in [0.4, 0.5) is 5.69 Å². The molecule has 0 radical (unpaired) electrons. The topological polar surface area (TPSA) is 80.7 Å². The Kier molecular flexibility index (Phi) is 4.68. The van der Waals surface area contributed by atoms with Crippen molar-refractivity contribution in [3.8, 4) is 17.1 Å². The molecule has 0 aliphatic carbocycles. The summed E-state index contributed by atoms with van der Waals surface area (Å²) in [6.45, 7) is 3.74. The van der Waals surface area contributed by atoms with Gasteiger partial charge in [0.2, 0.25) is 0 Å². The fourth-order valence-corrected chi connectivity index (χ4v) is 3.32. The van der Waals surface area contributed by atoms with Crippen LogP contribution in [-0.4, -0.2) is 40.6 Å². The third-order valence-electron chi connectivity index (χ3n) is 4.62. The second kappa shape index (κ2) is 7.28. The minimum atomic E-state index is -0.767. The maximum atomic E-state index is 12.1. The molecule has 0 fully saturated rings. The first kappa shape index (κ1) is 17.4. The molecule has 1 aliphatic rings. The maximum absolute atomic E-state index is 12.1. The van der Waals surface area contributed by atoms with Crippen LogP contribution in [0.25, 0.3) is 11.4 Å². The van der Waals surface area contributed by atoms with Crippen LogP contribution in [-0.2, 0) is 6.54 Å². The van der Waals surface area contributed by atoms with E-state index >= 15 is 0 Å². The zero-order valence-corrected chi connectivity index (χ0v) is 15.0. The second-order valence-corrected chi connectivity index (χ2v) is 6.67.